The molecule has 9 nitrogen and oxygen atoms in total. The second kappa shape index (κ2) is 9.70. The highest BCUT2D eigenvalue weighted by molar-refractivity contribution is 8.14. The molecule has 2 aromatic carbocycles. The highest BCUT2D eigenvalue weighted by Crippen LogP contribution is 2.29. The van der Waals surface area contributed by atoms with Gasteiger partial charge in [0.05, 0.1) is 24.6 Å². The van der Waals surface area contributed by atoms with Crippen molar-refractivity contribution in [3.8, 4) is 0 Å². The van der Waals surface area contributed by atoms with E-state index in [4.69, 9.17) is 4.52 Å². The lowest BCUT2D eigenvalue weighted by molar-refractivity contribution is -0.753. The summed E-state index contributed by atoms with van der Waals surface area (Å²) in [6.45, 7) is 1.98. The van der Waals surface area contributed by atoms with E-state index in [1.807, 2.05) is 61.5 Å². The zero-order valence-electron chi connectivity index (χ0n) is 18.4. The quantitative estimate of drug-likeness (QED) is 0.240. The maximum Gasteiger partial charge on any atom is 0.324 e. The average molecular weight is 463 g/mol. The van der Waals surface area contributed by atoms with Gasteiger partial charge in [-0.3, -0.25) is 14.2 Å². The second-order valence-electron chi connectivity index (χ2n) is 7.36. The normalized spacial score (nSPS) is 15.3. The number of aryl methyl sites for hydroxylation is 1. The van der Waals surface area contributed by atoms with Crippen molar-refractivity contribution in [1.82, 2.24) is 5.27 Å². The van der Waals surface area contributed by atoms with E-state index in [9.17, 15) is 9.90 Å². The van der Waals surface area contributed by atoms with E-state index >= 15 is 0 Å². The fraction of sp³-hybridized carbons (Fsp3) is 0.174. The Hall–Kier alpha value is -3.92. The smallest absolute Gasteiger partial charge is 0.324 e. The van der Waals surface area contributed by atoms with E-state index in [1.54, 1.807) is 25.2 Å². The summed E-state index contributed by atoms with van der Waals surface area (Å²) in [6.07, 6.45) is 3.26. The lowest BCUT2D eigenvalue weighted by Crippen LogP contribution is -2.53. The third-order valence-electron chi connectivity index (χ3n) is 4.74. The molecule has 1 aromatic heterocycles. The number of rotatable bonds is 6. The molecular weight excluding hydrogens is 440 g/mol. The molecule has 1 amide bonds. The molecule has 33 heavy (non-hydrogen) atoms. The third-order valence-corrected chi connectivity index (χ3v) is 5.66. The summed E-state index contributed by atoms with van der Waals surface area (Å²) in [7, 11) is 3.55. The molecule has 168 valence electrons. The van der Waals surface area contributed by atoms with E-state index in [-0.39, 0.29) is 17.5 Å². The van der Waals surface area contributed by atoms with Gasteiger partial charge in [-0.1, -0.05) is 54.2 Å². The van der Waals surface area contributed by atoms with Gasteiger partial charge in [-0.25, -0.2) is 9.98 Å². The largest absolute Gasteiger partial charge is 0.861 e. The number of hydrogen-bond acceptors (Lipinski definition) is 8. The van der Waals surface area contributed by atoms with Crippen molar-refractivity contribution in [3.63, 3.8) is 0 Å². The summed E-state index contributed by atoms with van der Waals surface area (Å²) in [5.74, 6) is -0.602. The van der Waals surface area contributed by atoms with Crippen LogP contribution in [0.5, 0.6) is 0 Å². The monoisotopic (exact) mass is 462 g/mol. The first-order valence-electron chi connectivity index (χ1n) is 10.1. The summed E-state index contributed by atoms with van der Waals surface area (Å²) >= 11 is 1.14. The number of aromatic nitrogens is 2. The lowest BCUT2D eigenvalue weighted by atomic mass is 10.1. The second-order valence-corrected chi connectivity index (χ2v) is 8.30. The van der Waals surface area contributed by atoms with E-state index in [1.165, 1.54) is 15.9 Å². The molecule has 0 N–H and O–H groups in total. The number of hydrogen-bond donors (Lipinski definition) is 0. The number of thioether (sulfide) groups is 1. The van der Waals surface area contributed by atoms with Crippen LogP contribution in [0.4, 0.5) is 11.6 Å². The van der Waals surface area contributed by atoms with Gasteiger partial charge >= 0.3 is 5.88 Å². The number of amides is 1. The summed E-state index contributed by atoms with van der Waals surface area (Å²) < 4.78 is 5.04. The van der Waals surface area contributed by atoms with Crippen LogP contribution in [0.2, 0.25) is 0 Å². The van der Waals surface area contributed by atoms with E-state index in [2.05, 4.69) is 15.3 Å². The van der Waals surface area contributed by atoms with Crippen LogP contribution in [0.25, 0.3) is 6.08 Å². The van der Waals surface area contributed by atoms with Crippen LogP contribution < -0.4 is 19.8 Å². The van der Waals surface area contributed by atoms with Gasteiger partial charge < -0.3 is 5.11 Å². The Morgan fingerprint density at radius 2 is 1.94 bits per heavy atom. The first-order valence-corrected chi connectivity index (χ1v) is 11.1. The fourth-order valence-corrected chi connectivity index (χ4v) is 3.84. The number of nitrogens with zero attached hydrogens (tertiary/aromatic N) is 6. The Kier molecular flexibility index (Phi) is 6.55. The first kappa shape index (κ1) is 22.3. The van der Waals surface area contributed by atoms with E-state index in [0.717, 1.165) is 22.9 Å². The Bertz CT molecular complexity index is 1250. The maximum atomic E-state index is 13.2. The van der Waals surface area contributed by atoms with Gasteiger partial charge in [0.2, 0.25) is 5.27 Å². The lowest BCUT2D eigenvalue weighted by Gasteiger charge is -2.18. The number of aliphatic imine (C=N–C) groups is 2. The third kappa shape index (κ3) is 5.12. The molecule has 0 bridgehead atoms. The minimum absolute atomic E-state index is 0.0181. The average Bonchev–Trinajstić information content (AvgIpc) is 3.39. The first-order chi connectivity index (χ1) is 15.9. The van der Waals surface area contributed by atoms with Gasteiger partial charge in [-0.15, -0.1) is 0 Å². The van der Waals surface area contributed by atoms with Crippen LogP contribution >= 0.6 is 11.8 Å². The minimum atomic E-state index is -0.429. The molecule has 0 atom stereocenters. The molecule has 0 spiro atoms. The molecule has 0 saturated heterocycles. The summed E-state index contributed by atoms with van der Waals surface area (Å²) in [6, 6.07) is 17.0. The maximum absolute atomic E-state index is 13.2. The standard InChI is InChI=1S/C23H22N6O3S/c1-16-9-7-8-10-17(16)13-19-22(31)29(18-11-5-4-6-12-18)23(24-19)33-15-20(30)25-21-14-28(26-32-21)27(2)3/h4-14H,15H2,1-3H3/b19-13+. The van der Waals surface area contributed by atoms with Crippen LogP contribution in [-0.4, -0.2) is 42.1 Å². The molecule has 1 aliphatic rings. The van der Waals surface area contributed by atoms with Crippen LogP contribution in [0, 0.1) is 6.92 Å². The van der Waals surface area contributed by atoms with Crippen LogP contribution in [0.3, 0.4) is 0 Å². The van der Waals surface area contributed by atoms with Gasteiger partial charge in [-0.05, 0) is 42.2 Å². The van der Waals surface area contributed by atoms with Gasteiger partial charge in [0, 0.05) is 5.75 Å². The van der Waals surface area contributed by atoms with Crippen molar-refractivity contribution in [2.45, 2.75) is 6.92 Å². The van der Waals surface area contributed by atoms with Crippen molar-refractivity contribution >= 4 is 46.4 Å². The van der Waals surface area contributed by atoms with Crippen molar-refractivity contribution in [1.29, 1.82) is 0 Å². The molecule has 1 aliphatic heterocycles. The molecule has 0 unspecified atom stereocenters. The minimum Gasteiger partial charge on any atom is -0.861 e. The number of benzene rings is 2. The Labute approximate surface area is 195 Å². The molecule has 0 saturated carbocycles. The highest BCUT2D eigenvalue weighted by Gasteiger charge is 2.31. The van der Waals surface area contributed by atoms with E-state index in [0.29, 0.717) is 16.6 Å². The van der Waals surface area contributed by atoms with Gasteiger partial charge in [0.1, 0.15) is 5.70 Å². The van der Waals surface area contributed by atoms with E-state index < -0.39 is 5.90 Å². The Morgan fingerprint density at radius 1 is 1.21 bits per heavy atom. The van der Waals surface area contributed by atoms with Crippen molar-refractivity contribution in [2.75, 3.05) is 29.8 Å². The summed E-state index contributed by atoms with van der Waals surface area (Å²) in [4.78, 5) is 24.6. The van der Waals surface area contributed by atoms with Crippen LogP contribution in [0.15, 0.2) is 81.0 Å². The number of anilines is 1. The predicted molar refractivity (Wildman–Crippen MR) is 127 cm³/mol. The molecule has 0 radical (unpaired) electrons. The zero-order chi connectivity index (χ0) is 23.4. The fourth-order valence-electron chi connectivity index (χ4n) is 3.04. The zero-order valence-corrected chi connectivity index (χ0v) is 19.2. The molecule has 2 heterocycles. The van der Waals surface area contributed by atoms with Gasteiger partial charge in [0.25, 0.3) is 12.1 Å². The van der Waals surface area contributed by atoms with Gasteiger partial charge in [0.15, 0.2) is 5.17 Å². The SMILES string of the molecule is Cc1ccccc1/C=C1/N=C(SC/C([O-])=N\c2c[n+](N(C)C)no2)N(c2ccccc2)C1=O. The molecule has 0 fully saturated rings. The summed E-state index contributed by atoms with van der Waals surface area (Å²) in [5, 5.41) is 18.3. The molecule has 0 aliphatic carbocycles. The van der Waals surface area contributed by atoms with Gasteiger partial charge in [-0.2, -0.15) is 5.01 Å². The molecule has 10 heteroatoms. The topological polar surface area (TPSA) is 101 Å². The summed E-state index contributed by atoms with van der Waals surface area (Å²) in [5.41, 5.74) is 2.93. The molecule has 3 aromatic rings. The number of carbonyl (C=O) groups is 1. The number of carbonyl (C=O) groups excluding carboxylic acids is 1. The Balaban J connectivity index is 1.59. The van der Waals surface area contributed by atoms with Crippen molar-refractivity contribution < 1.29 is 19.2 Å². The highest BCUT2D eigenvalue weighted by atomic mass is 32.2. The molecular formula is C23H22N6O3S. The number of amidine groups is 1. The van der Waals surface area contributed by atoms with Crippen molar-refractivity contribution in [3.05, 3.63) is 77.6 Å². The Morgan fingerprint density at radius 3 is 2.64 bits per heavy atom. The van der Waals surface area contributed by atoms with Crippen LogP contribution in [0.1, 0.15) is 11.1 Å². The number of para-hydroxylation sites is 1. The molecule has 4 rings (SSSR count). The predicted octanol–water partition coefficient (Wildman–Crippen LogP) is 2.04. The van der Waals surface area contributed by atoms with Crippen LogP contribution in [-0.2, 0) is 4.79 Å². The van der Waals surface area contributed by atoms with Crippen molar-refractivity contribution in [2.24, 2.45) is 9.98 Å².